The molecule has 0 radical (unpaired) electrons. The van der Waals surface area contributed by atoms with Crippen LogP contribution in [0.4, 0.5) is 18.9 Å². The Kier molecular flexibility index (Phi) is 4.56. The van der Waals surface area contributed by atoms with Crippen molar-refractivity contribution in [3.8, 4) is 11.3 Å². The van der Waals surface area contributed by atoms with Gasteiger partial charge >= 0.3 is 6.18 Å². The summed E-state index contributed by atoms with van der Waals surface area (Å²) in [6.45, 7) is 3.41. The molecule has 1 amide bonds. The van der Waals surface area contributed by atoms with Gasteiger partial charge in [-0.15, -0.1) is 0 Å². The third-order valence-corrected chi connectivity index (χ3v) is 4.63. The standard InChI is InChI=1S/C20H16F3N5O2/c1-10-13(9-28(3)26-10)16-8-12(17-11(2)27-30-19(17)25-16)18(29)24-15-7-5-4-6-14(15)20(21,22)23/h4-9H,1-3H3,(H,24,29). The highest BCUT2D eigenvalue weighted by molar-refractivity contribution is 6.13. The van der Waals surface area contributed by atoms with Crippen molar-refractivity contribution in [2.24, 2.45) is 7.05 Å². The molecule has 0 bridgehead atoms. The van der Waals surface area contributed by atoms with Gasteiger partial charge in [0, 0.05) is 18.8 Å². The van der Waals surface area contributed by atoms with Gasteiger partial charge in [0.15, 0.2) is 0 Å². The lowest BCUT2D eigenvalue weighted by Gasteiger charge is -2.14. The number of aryl methyl sites for hydroxylation is 3. The van der Waals surface area contributed by atoms with Crippen LogP contribution in [-0.2, 0) is 13.2 Å². The Labute approximate surface area is 168 Å². The molecule has 0 saturated heterocycles. The molecule has 154 valence electrons. The summed E-state index contributed by atoms with van der Waals surface area (Å²) in [4.78, 5) is 17.4. The van der Waals surface area contributed by atoms with E-state index in [4.69, 9.17) is 4.52 Å². The summed E-state index contributed by atoms with van der Waals surface area (Å²) in [5.41, 5.74) is 1.09. The third-order valence-electron chi connectivity index (χ3n) is 4.63. The molecule has 0 spiro atoms. The maximum atomic E-state index is 13.3. The van der Waals surface area contributed by atoms with Crippen LogP contribution in [0.1, 0.15) is 27.3 Å². The average molecular weight is 415 g/mol. The van der Waals surface area contributed by atoms with Gasteiger partial charge in [-0.3, -0.25) is 9.48 Å². The van der Waals surface area contributed by atoms with Gasteiger partial charge in [-0.2, -0.15) is 18.3 Å². The molecule has 0 aliphatic carbocycles. The van der Waals surface area contributed by atoms with Crippen molar-refractivity contribution in [1.82, 2.24) is 19.9 Å². The quantitative estimate of drug-likeness (QED) is 0.532. The van der Waals surface area contributed by atoms with E-state index >= 15 is 0 Å². The number of rotatable bonds is 3. The zero-order valence-electron chi connectivity index (χ0n) is 16.2. The van der Waals surface area contributed by atoms with E-state index in [0.717, 1.165) is 6.07 Å². The number of hydrogen-bond acceptors (Lipinski definition) is 5. The smallest absolute Gasteiger partial charge is 0.335 e. The predicted octanol–water partition coefficient (Wildman–Crippen LogP) is 4.51. The summed E-state index contributed by atoms with van der Waals surface area (Å²) in [5, 5.41) is 10.8. The lowest BCUT2D eigenvalue weighted by Crippen LogP contribution is -2.17. The first-order chi connectivity index (χ1) is 14.1. The summed E-state index contributed by atoms with van der Waals surface area (Å²) >= 11 is 0. The monoisotopic (exact) mass is 415 g/mol. The fourth-order valence-electron chi connectivity index (χ4n) is 3.29. The number of hydrogen-bond donors (Lipinski definition) is 1. The molecule has 4 aromatic rings. The van der Waals surface area contributed by atoms with Gasteiger partial charge in [-0.05, 0) is 32.0 Å². The number of anilines is 1. The molecule has 7 nitrogen and oxygen atoms in total. The molecule has 10 heteroatoms. The minimum absolute atomic E-state index is 0.106. The number of carbonyl (C=O) groups excluding carboxylic acids is 1. The average Bonchev–Trinajstić information content (AvgIpc) is 3.22. The number of amides is 1. The van der Waals surface area contributed by atoms with Crippen molar-refractivity contribution in [2.75, 3.05) is 5.32 Å². The Hall–Kier alpha value is -3.69. The SMILES string of the molecule is Cc1nn(C)cc1-c1cc(C(=O)Nc2ccccc2C(F)(F)F)c2c(C)noc2n1. The Morgan fingerprint density at radius 3 is 2.57 bits per heavy atom. The lowest BCUT2D eigenvalue weighted by molar-refractivity contribution is -0.136. The number of alkyl halides is 3. The first kappa shape index (κ1) is 19.6. The van der Waals surface area contributed by atoms with Crippen LogP contribution in [0.15, 0.2) is 41.1 Å². The Morgan fingerprint density at radius 1 is 1.17 bits per heavy atom. The molecule has 0 atom stereocenters. The summed E-state index contributed by atoms with van der Waals surface area (Å²) < 4.78 is 46.7. The van der Waals surface area contributed by atoms with Crippen molar-refractivity contribution in [1.29, 1.82) is 0 Å². The van der Waals surface area contributed by atoms with Gasteiger partial charge in [-0.25, -0.2) is 4.98 Å². The zero-order chi connectivity index (χ0) is 21.6. The molecule has 3 heterocycles. The van der Waals surface area contributed by atoms with Crippen molar-refractivity contribution in [3.05, 3.63) is 59.0 Å². The van der Waals surface area contributed by atoms with Crippen molar-refractivity contribution in [3.63, 3.8) is 0 Å². The fraction of sp³-hybridized carbons (Fsp3) is 0.200. The van der Waals surface area contributed by atoms with Crippen LogP contribution >= 0.6 is 0 Å². The van der Waals surface area contributed by atoms with Crippen LogP contribution in [0, 0.1) is 13.8 Å². The lowest BCUT2D eigenvalue weighted by atomic mass is 10.1. The predicted molar refractivity (Wildman–Crippen MR) is 103 cm³/mol. The number of carbonyl (C=O) groups is 1. The van der Waals surface area contributed by atoms with Crippen LogP contribution in [-0.4, -0.2) is 25.8 Å². The number of nitrogens with one attached hydrogen (secondary N) is 1. The molecule has 0 fully saturated rings. The van der Waals surface area contributed by atoms with E-state index in [0.29, 0.717) is 28.0 Å². The largest absolute Gasteiger partial charge is 0.418 e. The molecule has 1 N–H and O–H groups in total. The molecular weight excluding hydrogens is 399 g/mol. The van der Waals surface area contributed by atoms with E-state index in [1.807, 2.05) is 0 Å². The first-order valence-corrected chi connectivity index (χ1v) is 8.90. The summed E-state index contributed by atoms with van der Waals surface area (Å²) in [5.74, 6) is -0.729. The van der Waals surface area contributed by atoms with E-state index in [9.17, 15) is 18.0 Å². The van der Waals surface area contributed by atoms with Crippen LogP contribution < -0.4 is 5.32 Å². The number of halogens is 3. The highest BCUT2D eigenvalue weighted by atomic mass is 19.4. The topological polar surface area (TPSA) is 85.8 Å². The van der Waals surface area contributed by atoms with Gasteiger partial charge in [0.25, 0.3) is 11.6 Å². The summed E-state index contributed by atoms with van der Waals surface area (Å²) in [7, 11) is 1.75. The molecule has 0 aliphatic rings. The molecule has 0 saturated carbocycles. The number of aromatic nitrogens is 4. The highest BCUT2D eigenvalue weighted by Gasteiger charge is 2.34. The summed E-state index contributed by atoms with van der Waals surface area (Å²) in [6.07, 6.45) is -2.88. The van der Waals surface area contributed by atoms with Crippen LogP contribution in [0.3, 0.4) is 0 Å². The van der Waals surface area contributed by atoms with Crippen LogP contribution in [0.5, 0.6) is 0 Å². The molecule has 0 aliphatic heterocycles. The minimum atomic E-state index is -4.61. The number of nitrogens with zero attached hydrogens (tertiary/aromatic N) is 4. The molecule has 30 heavy (non-hydrogen) atoms. The van der Waals surface area contributed by atoms with Crippen LogP contribution in [0.25, 0.3) is 22.4 Å². The van der Waals surface area contributed by atoms with Gasteiger partial charge < -0.3 is 9.84 Å². The van der Waals surface area contributed by atoms with Crippen molar-refractivity contribution < 1.29 is 22.5 Å². The van der Waals surface area contributed by atoms with Crippen LogP contribution in [0.2, 0.25) is 0 Å². The number of benzene rings is 1. The molecule has 4 rings (SSSR count). The third kappa shape index (κ3) is 3.40. The molecule has 1 aromatic carbocycles. The highest BCUT2D eigenvalue weighted by Crippen LogP contribution is 2.35. The van der Waals surface area contributed by atoms with E-state index in [2.05, 4.69) is 20.6 Å². The second kappa shape index (κ2) is 6.97. The minimum Gasteiger partial charge on any atom is -0.335 e. The van der Waals surface area contributed by atoms with Crippen molar-refractivity contribution in [2.45, 2.75) is 20.0 Å². The summed E-state index contributed by atoms with van der Waals surface area (Å²) in [6, 6.07) is 6.29. The van der Waals surface area contributed by atoms with E-state index in [-0.39, 0.29) is 17.0 Å². The van der Waals surface area contributed by atoms with E-state index < -0.39 is 17.6 Å². The Balaban J connectivity index is 1.83. The maximum absolute atomic E-state index is 13.3. The number of fused-ring (bicyclic) bond motifs is 1. The normalized spacial score (nSPS) is 11.8. The molecular formula is C20H16F3N5O2. The second-order valence-electron chi connectivity index (χ2n) is 6.80. The van der Waals surface area contributed by atoms with Gasteiger partial charge in [0.1, 0.15) is 0 Å². The van der Waals surface area contributed by atoms with Gasteiger partial charge in [-0.1, -0.05) is 17.3 Å². The molecule has 3 aromatic heterocycles. The maximum Gasteiger partial charge on any atom is 0.418 e. The zero-order valence-corrected chi connectivity index (χ0v) is 16.2. The Morgan fingerprint density at radius 2 is 1.90 bits per heavy atom. The number of para-hydroxylation sites is 1. The van der Waals surface area contributed by atoms with E-state index in [1.54, 1.807) is 31.8 Å². The second-order valence-corrected chi connectivity index (χ2v) is 6.80. The Bertz CT molecular complexity index is 1270. The van der Waals surface area contributed by atoms with Crippen molar-refractivity contribution >= 4 is 22.7 Å². The molecule has 0 unspecified atom stereocenters. The van der Waals surface area contributed by atoms with Gasteiger partial charge in [0.2, 0.25) is 0 Å². The van der Waals surface area contributed by atoms with E-state index in [1.165, 1.54) is 24.3 Å². The fourth-order valence-corrected chi connectivity index (χ4v) is 3.29. The number of pyridine rings is 1. The van der Waals surface area contributed by atoms with Gasteiger partial charge in [0.05, 0.1) is 39.3 Å². The first-order valence-electron chi connectivity index (χ1n) is 8.90.